The van der Waals surface area contributed by atoms with Gasteiger partial charge in [-0.25, -0.2) is 4.98 Å². The molecular weight excluding hydrogens is 661 g/mol. The molecular formula is C33H37Cl2N7O6. The second-order valence-electron chi connectivity index (χ2n) is 11.2. The molecule has 1 aromatic carbocycles. The van der Waals surface area contributed by atoms with Crippen LogP contribution in [0.1, 0.15) is 13.3 Å². The summed E-state index contributed by atoms with van der Waals surface area (Å²) >= 11 is 13.5. The Bertz CT molecular complexity index is 1800. The van der Waals surface area contributed by atoms with Crippen LogP contribution in [-0.4, -0.2) is 108 Å². The number of pyridine rings is 1. The van der Waals surface area contributed by atoms with Gasteiger partial charge < -0.3 is 29.7 Å². The highest BCUT2D eigenvalue weighted by Crippen LogP contribution is 2.45. The first-order chi connectivity index (χ1) is 23.2. The predicted octanol–water partition coefficient (Wildman–Crippen LogP) is 2.82. The summed E-state index contributed by atoms with van der Waals surface area (Å²) in [5.41, 5.74) is 0.555. The molecule has 2 aromatic heterocycles. The molecule has 0 radical (unpaired) electrons. The van der Waals surface area contributed by atoms with Gasteiger partial charge in [-0.05, 0) is 38.0 Å². The van der Waals surface area contributed by atoms with E-state index < -0.39 is 0 Å². The van der Waals surface area contributed by atoms with Gasteiger partial charge in [0.05, 0.1) is 55.1 Å². The fraction of sp³-hybridized carbons (Fsp3) is 0.424. The van der Waals surface area contributed by atoms with Crippen molar-refractivity contribution in [2.24, 2.45) is 0 Å². The van der Waals surface area contributed by atoms with Crippen LogP contribution in [0.15, 0.2) is 35.8 Å². The van der Waals surface area contributed by atoms with Crippen LogP contribution in [0.2, 0.25) is 10.0 Å². The maximum absolute atomic E-state index is 14.3. The maximum atomic E-state index is 14.3. The van der Waals surface area contributed by atoms with Crippen molar-refractivity contribution >= 4 is 52.0 Å². The third kappa shape index (κ3) is 7.52. The summed E-state index contributed by atoms with van der Waals surface area (Å²) in [5.74, 6) is 5.65. The van der Waals surface area contributed by atoms with Crippen molar-refractivity contribution in [3.63, 3.8) is 0 Å². The summed E-state index contributed by atoms with van der Waals surface area (Å²) in [7, 11) is 2.93. The number of hydrogen-bond acceptors (Lipinski definition) is 10. The molecule has 254 valence electrons. The highest BCUT2D eigenvalue weighted by atomic mass is 35.5. The number of carbonyl (C=O) groups excluding carboxylic acids is 2. The first kappa shape index (κ1) is 35.0. The molecule has 0 aliphatic carbocycles. The number of rotatable bonds is 11. The van der Waals surface area contributed by atoms with Gasteiger partial charge in [-0.3, -0.25) is 23.9 Å². The summed E-state index contributed by atoms with van der Waals surface area (Å²) in [6.45, 7) is 9.38. The van der Waals surface area contributed by atoms with E-state index in [9.17, 15) is 14.4 Å². The van der Waals surface area contributed by atoms with Crippen LogP contribution in [0, 0.1) is 11.8 Å². The second-order valence-corrected chi connectivity index (χ2v) is 12.0. The number of nitrogens with one attached hydrogen (secondary N) is 2. The number of amides is 2. The average molecular weight is 699 g/mol. The van der Waals surface area contributed by atoms with Gasteiger partial charge in [-0.1, -0.05) is 35.7 Å². The lowest BCUT2D eigenvalue weighted by molar-refractivity contribution is -0.126. The number of piperazine rings is 1. The van der Waals surface area contributed by atoms with Crippen molar-refractivity contribution in [1.29, 1.82) is 0 Å². The molecule has 15 heteroatoms. The normalized spacial score (nSPS) is 17.8. The summed E-state index contributed by atoms with van der Waals surface area (Å²) in [4.78, 5) is 51.7. The Morgan fingerprint density at radius 1 is 1.08 bits per heavy atom. The van der Waals surface area contributed by atoms with Gasteiger partial charge in [0.2, 0.25) is 11.9 Å². The number of nitrogens with zero attached hydrogens (tertiary/aromatic N) is 5. The molecule has 3 aromatic rings. The number of benzene rings is 1. The highest BCUT2D eigenvalue weighted by molar-refractivity contribution is 6.41. The Morgan fingerprint density at radius 2 is 1.77 bits per heavy atom. The lowest BCUT2D eigenvalue weighted by Crippen LogP contribution is -2.48. The molecule has 2 N–H and O–H groups in total. The Hall–Kier alpha value is -4.35. The molecule has 0 unspecified atom stereocenters. The Kier molecular flexibility index (Phi) is 11.4. The quantitative estimate of drug-likeness (QED) is 0.227. The minimum absolute atomic E-state index is 0.166. The number of halogens is 2. The van der Waals surface area contributed by atoms with E-state index in [4.69, 9.17) is 42.4 Å². The predicted molar refractivity (Wildman–Crippen MR) is 184 cm³/mol. The van der Waals surface area contributed by atoms with Crippen molar-refractivity contribution in [2.45, 2.75) is 32.0 Å². The average Bonchev–Trinajstić information content (AvgIpc) is 3.52. The number of ether oxygens (including phenoxy) is 3. The molecule has 2 aliphatic heterocycles. The molecule has 5 rings (SSSR count). The van der Waals surface area contributed by atoms with Crippen molar-refractivity contribution in [3.8, 4) is 34.5 Å². The molecule has 0 saturated carbocycles. The first-order valence-corrected chi connectivity index (χ1v) is 16.2. The van der Waals surface area contributed by atoms with Crippen molar-refractivity contribution in [1.82, 2.24) is 29.7 Å². The summed E-state index contributed by atoms with van der Waals surface area (Å²) in [5, 5.41) is 7.01. The van der Waals surface area contributed by atoms with Crippen LogP contribution < -0.4 is 25.7 Å². The van der Waals surface area contributed by atoms with Gasteiger partial charge in [0.25, 0.3) is 11.5 Å². The van der Waals surface area contributed by atoms with Gasteiger partial charge in [0.15, 0.2) is 0 Å². The topological polar surface area (TPSA) is 140 Å². The van der Waals surface area contributed by atoms with E-state index in [-0.39, 0.29) is 56.6 Å². The number of anilines is 1. The second kappa shape index (κ2) is 15.7. The van der Waals surface area contributed by atoms with Crippen molar-refractivity contribution in [2.75, 3.05) is 65.5 Å². The van der Waals surface area contributed by atoms with E-state index in [2.05, 4.69) is 38.9 Å². The van der Waals surface area contributed by atoms with Crippen LogP contribution in [0.4, 0.5) is 5.95 Å². The number of fused-ring (bicyclic) bond motifs is 1. The summed E-state index contributed by atoms with van der Waals surface area (Å²) < 4.78 is 18.1. The van der Waals surface area contributed by atoms with E-state index in [0.717, 1.165) is 0 Å². The van der Waals surface area contributed by atoms with Crippen LogP contribution in [0.5, 0.6) is 11.5 Å². The van der Waals surface area contributed by atoms with Gasteiger partial charge in [-0.15, -0.1) is 0 Å². The lowest BCUT2D eigenvalue weighted by atomic mass is 10.0. The maximum Gasteiger partial charge on any atom is 0.298 e. The SMILES string of the molecule is C=CC(=O)N[C@H]1COC[C@H]1Nc1ncc2cc(-c3c(Cl)c(OC)cc(OC)c3Cl)c(=O)n(CCCN3CCN(C(=O)C#CC)CC3)c2n1. The largest absolute Gasteiger partial charge is 0.495 e. The molecule has 2 amide bonds. The minimum Gasteiger partial charge on any atom is -0.495 e. The fourth-order valence-electron chi connectivity index (χ4n) is 5.80. The zero-order valence-electron chi connectivity index (χ0n) is 27.0. The number of aromatic nitrogens is 3. The van der Waals surface area contributed by atoms with E-state index in [0.29, 0.717) is 81.4 Å². The van der Waals surface area contributed by atoms with Gasteiger partial charge in [0.1, 0.15) is 17.1 Å². The first-order valence-electron chi connectivity index (χ1n) is 15.4. The van der Waals surface area contributed by atoms with E-state index in [1.807, 2.05) is 0 Å². The fourth-order valence-corrected chi connectivity index (χ4v) is 6.50. The molecule has 13 nitrogen and oxygen atoms in total. The Labute approximate surface area is 288 Å². The smallest absolute Gasteiger partial charge is 0.298 e. The zero-order chi connectivity index (χ0) is 34.4. The summed E-state index contributed by atoms with van der Waals surface area (Å²) in [6, 6.07) is 2.59. The number of aryl methyl sites for hydroxylation is 1. The van der Waals surface area contributed by atoms with Crippen molar-refractivity contribution < 1.29 is 23.8 Å². The van der Waals surface area contributed by atoms with E-state index in [1.165, 1.54) is 20.3 Å². The summed E-state index contributed by atoms with van der Waals surface area (Å²) in [6.07, 6.45) is 3.43. The minimum atomic E-state index is -0.361. The van der Waals surface area contributed by atoms with Crippen LogP contribution in [0.3, 0.4) is 0 Å². The zero-order valence-corrected chi connectivity index (χ0v) is 28.5. The molecule has 0 bridgehead atoms. The van der Waals surface area contributed by atoms with E-state index >= 15 is 0 Å². The molecule has 2 saturated heterocycles. The number of carbonyl (C=O) groups is 2. The Morgan fingerprint density at radius 3 is 2.42 bits per heavy atom. The standard InChI is InChI=1S/C33H37Cl2N7O6/c1-5-8-27(44)41-13-11-40(12-14-41)9-7-10-42-31-20(17-36-33(39-31)38-23-19-48-18-22(23)37-26(43)6-2)15-21(32(42)45)28-29(34)24(46-3)16-25(47-4)30(28)35/h6,15-17,22-23H,2,7,9-14,18-19H2,1,3-4H3,(H,37,43)(H,36,38,39)/t22-,23+/m0/s1. The van der Waals surface area contributed by atoms with Crippen LogP contribution >= 0.6 is 23.2 Å². The highest BCUT2D eigenvalue weighted by Gasteiger charge is 2.30. The molecule has 0 spiro atoms. The van der Waals surface area contributed by atoms with Crippen LogP contribution in [0.25, 0.3) is 22.2 Å². The van der Waals surface area contributed by atoms with E-state index in [1.54, 1.807) is 34.7 Å². The molecule has 2 aliphatic rings. The van der Waals surface area contributed by atoms with Gasteiger partial charge >= 0.3 is 0 Å². The van der Waals surface area contributed by atoms with Gasteiger partial charge in [0, 0.05) is 55.9 Å². The monoisotopic (exact) mass is 697 g/mol. The molecule has 4 heterocycles. The Balaban J connectivity index is 1.48. The lowest BCUT2D eigenvalue weighted by Gasteiger charge is -2.33. The van der Waals surface area contributed by atoms with Gasteiger partial charge in [-0.2, -0.15) is 4.98 Å². The number of hydrogen-bond donors (Lipinski definition) is 2. The van der Waals surface area contributed by atoms with Crippen molar-refractivity contribution in [3.05, 3.63) is 51.4 Å². The molecule has 48 heavy (non-hydrogen) atoms. The third-order valence-corrected chi connectivity index (χ3v) is 9.08. The molecule has 2 fully saturated rings. The third-order valence-electron chi connectivity index (χ3n) is 8.33. The van der Waals surface area contributed by atoms with Crippen LogP contribution in [-0.2, 0) is 20.9 Å². The molecule has 2 atom stereocenters. The number of methoxy groups -OCH3 is 2.